The van der Waals surface area contributed by atoms with Crippen LogP contribution in [0.5, 0.6) is 0 Å². The van der Waals surface area contributed by atoms with Gasteiger partial charge in [0.05, 0.1) is 10.9 Å². The van der Waals surface area contributed by atoms with Gasteiger partial charge in [-0.15, -0.1) is 0 Å². The fourth-order valence-corrected chi connectivity index (χ4v) is 3.42. The standard InChI is InChI=1S/C20H25N3O2/c1-3-9-19-21-17-14-23(25)18-12-7-6-11-16(18)20(17)22(19)13-8-4-5-10-15(2)24/h6-7,11-12,14H,3-5,8-10,13H2,1-2H3. The van der Waals surface area contributed by atoms with Crippen LogP contribution >= 0.6 is 0 Å². The maximum Gasteiger partial charge on any atom is 0.226 e. The predicted molar refractivity (Wildman–Crippen MR) is 99.3 cm³/mol. The van der Waals surface area contributed by atoms with Crippen molar-refractivity contribution in [2.75, 3.05) is 0 Å². The van der Waals surface area contributed by atoms with Crippen LogP contribution in [0.4, 0.5) is 0 Å². The molecule has 5 nitrogen and oxygen atoms in total. The molecule has 25 heavy (non-hydrogen) atoms. The van der Waals surface area contributed by atoms with E-state index in [0.29, 0.717) is 11.9 Å². The van der Waals surface area contributed by atoms with Gasteiger partial charge in [-0.1, -0.05) is 25.5 Å². The Morgan fingerprint density at radius 1 is 1.24 bits per heavy atom. The van der Waals surface area contributed by atoms with Crippen LogP contribution in [0.15, 0.2) is 30.5 Å². The molecule has 0 saturated carbocycles. The van der Waals surface area contributed by atoms with E-state index in [4.69, 9.17) is 4.98 Å². The van der Waals surface area contributed by atoms with Crippen molar-refractivity contribution in [3.63, 3.8) is 0 Å². The summed E-state index contributed by atoms with van der Waals surface area (Å²) in [5, 5.41) is 13.2. The first-order valence-electron chi connectivity index (χ1n) is 9.11. The molecular formula is C20H25N3O2. The molecule has 0 bridgehead atoms. The van der Waals surface area contributed by atoms with Gasteiger partial charge in [0, 0.05) is 25.5 Å². The number of aryl methyl sites for hydroxylation is 2. The number of benzene rings is 1. The summed E-state index contributed by atoms with van der Waals surface area (Å²) in [6, 6.07) is 7.70. The first-order valence-corrected chi connectivity index (χ1v) is 9.11. The fourth-order valence-electron chi connectivity index (χ4n) is 3.42. The van der Waals surface area contributed by atoms with E-state index in [2.05, 4.69) is 11.5 Å². The molecule has 0 radical (unpaired) electrons. The Morgan fingerprint density at radius 3 is 2.80 bits per heavy atom. The molecule has 0 unspecified atom stereocenters. The normalized spacial score (nSPS) is 11.4. The Balaban J connectivity index is 1.97. The number of ketones is 1. The van der Waals surface area contributed by atoms with Gasteiger partial charge < -0.3 is 14.6 Å². The molecule has 2 heterocycles. The lowest BCUT2D eigenvalue weighted by Crippen LogP contribution is -2.26. The van der Waals surface area contributed by atoms with Crippen LogP contribution in [-0.4, -0.2) is 15.3 Å². The quantitative estimate of drug-likeness (QED) is 0.355. The minimum Gasteiger partial charge on any atom is -0.618 e. The third kappa shape index (κ3) is 3.65. The van der Waals surface area contributed by atoms with Crippen molar-refractivity contribution in [1.82, 2.24) is 9.55 Å². The molecule has 132 valence electrons. The Hall–Kier alpha value is -2.43. The van der Waals surface area contributed by atoms with Gasteiger partial charge in [-0.05, 0) is 32.3 Å². The summed E-state index contributed by atoms with van der Waals surface area (Å²) in [4.78, 5) is 15.8. The van der Waals surface area contributed by atoms with Crippen molar-refractivity contribution >= 4 is 27.7 Å². The smallest absolute Gasteiger partial charge is 0.226 e. The largest absolute Gasteiger partial charge is 0.618 e. The lowest BCUT2D eigenvalue weighted by atomic mass is 10.1. The molecule has 0 spiro atoms. The van der Waals surface area contributed by atoms with Gasteiger partial charge >= 0.3 is 0 Å². The maximum atomic E-state index is 12.3. The number of carbonyl (C=O) groups excluding carboxylic acids is 1. The lowest BCUT2D eigenvalue weighted by molar-refractivity contribution is -0.575. The third-order valence-electron chi connectivity index (χ3n) is 4.59. The van der Waals surface area contributed by atoms with Crippen molar-refractivity contribution in [2.24, 2.45) is 0 Å². The highest BCUT2D eigenvalue weighted by atomic mass is 16.5. The van der Waals surface area contributed by atoms with Crippen molar-refractivity contribution in [3.8, 4) is 0 Å². The number of aromatic nitrogens is 3. The summed E-state index contributed by atoms with van der Waals surface area (Å²) in [6.45, 7) is 4.66. The number of fused-ring (bicyclic) bond motifs is 3. The predicted octanol–water partition coefficient (Wildman–Crippen LogP) is 3.92. The Bertz CT molecular complexity index is 899. The van der Waals surface area contributed by atoms with Crippen molar-refractivity contribution in [3.05, 3.63) is 41.5 Å². The number of rotatable bonds is 8. The van der Waals surface area contributed by atoms with Crippen molar-refractivity contribution < 1.29 is 9.52 Å². The van der Waals surface area contributed by atoms with Crippen LogP contribution < -0.4 is 4.73 Å². The van der Waals surface area contributed by atoms with E-state index < -0.39 is 0 Å². The van der Waals surface area contributed by atoms with Crippen LogP contribution in [0.3, 0.4) is 0 Å². The zero-order chi connectivity index (χ0) is 17.8. The summed E-state index contributed by atoms with van der Waals surface area (Å²) in [6.07, 6.45) is 7.13. The van der Waals surface area contributed by atoms with Crippen molar-refractivity contribution in [2.45, 2.75) is 58.9 Å². The second kappa shape index (κ2) is 7.64. The van der Waals surface area contributed by atoms with Crippen LogP contribution in [0, 0.1) is 5.21 Å². The third-order valence-corrected chi connectivity index (χ3v) is 4.59. The summed E-state index contributed by atoms with van der Waals surface area (Å²) in [5.74, 6) is 1.30. The second-order valence-electron chi connectivity index (χ2n) is 6.65. The van der Waals surface area contributed by atoms with E-state index in [1.165, 1.54) is 0 Å². The molecule has 0 fully saturated rings. The van der Waals surface area contributed by atoms with E-state index in [9.17, 15) is 10.0 Å². The summed E-state index contributed by atoms with van der Waals surface area (Å²) in [5.41, 5.74) is 2.49. The fraction of sp³-hybridized carbons (Fsp3) is 0.450. The average molecular weight is 339 g/mol. The summed E-state index contributed by atoms with van der Waals surface area (Å²) >= 11 is 0. The molecule has 0 amide bonds. The number of para-hydroxylation sites is 1. The van der Waals surface area contributed by atoms with Gasteiger partial charge in [0.1, 0.15) is 11.6 Å². The molecule has 0 N–H and O–H groups in total. The Morgan fingerprint density at radius 2 is 2.04 bits per heavy atom. The average Bonchev–Trinajstić information content (AvgIpc) is 2.92. The highest BCUT2D eigenvalue weighted by molar-refractivity contribution is 6.00. The SMILES string of the molecule is CCCc1nc2c[n+]([O-])c3ccccc3c2n1CCCCCC(C)=O. The summed E-state index contributed by atoms with van der Waals surface area (Å²) in [7, 11) is 0. The molecule has 0 saturated heterocycles. The number of hydrogen-bond donors (Lipinski definition) is 0. The number of imidazole rings is 1. The second-order valence-corrected chi connectivity index (χ2v) is 6.65. The van der Waals surface area contributed by atoms with Gasteiger partial charge in [-0.25, -0.2) is 4.98 Å². The number of unbranched alkanes of at least 4 members (excludes halogenated alkanes) is 2. The molecule has 0 aliphatic carbocycles. The zero-order valence-electron chi connectivity index (χ0n) is 15.0. The van der Waals surface area contributed by atoms with E-state index >= 15 is 0 Å². The maximum absolute atomic E-state index is 12.3. The number of hydrogen-bond acceptors (Lipinski definition) is 3. The number of pyridine rings is 1. The monoisotopic (exact) mass is 339 g/mol. The van der Waals surface area contributed by atoms with Gasteiger partial charge in [-0.2, -0.15) is 4.73 Å². The van der Waals surface area contributed by atoms with Crippen LogP contribution in [-0.2, 0) is 17.8 Å². The zero-order valence-corrected chi connectivity index (χ0v) is 15.0. The molecule has 2 aromatic heterocycles. The van der Waals surface area contributed by atoms with Gasteiger partial charge in [-0.3, -0.25) is 0 Å². The van der Waals surface area contributed by atoms with Crippen molar-refractivity contribution in [1.29, 1.82) is 0 Å². The van der Waals surface area contributed by atoms with E-state index in [1.807, 2.05) is 24.3 Å². The Labute approximate surface area is 147 Å². The lowest BCUT2D eigenvalue weighted by Gasteiger charge is -2.10. The minimum absolute atomic E-state index is 0.255. The molecule has 0 atom stereocenters. The van der Waals surface area contributed by atoms with E-state index in [-0.39, 0.29) is 5.78 Å². The topological polar surface area (TPSA) is 61.8 Å². The van der Waals surface area contributed by atoms with E-state index in [0.717, 1.165) is 65.6 Å². The number of Topliss-reactive ketones (excluding diaryl/α,β-unsaturated/α-hetero) is 1. The molecule has 0 aliphatic heterocycles. The molecule has 3 aromatic rings. The molecule has 3 rings (SSSR count). The molecular weight excluding hydrogens is 314 g/mol. The van der Waals surface area contributed by atoms with E-state index in [1.54, 1.807) is 13.1 Å². The van der Waals surface area contributed by atoms with Crippen LogP contribution in [0.2, 0.25) is 0 Å². The molecule has 1 aromatic carbocycles. The first kappa shape index (κ1) is 17.4. The first-order chi connectivity index (χ1) is 12.1. The number of nitrogens with zero attached hydrogens (tertiary/aromatic N) is 3. The highest BCUT2D eigenvalue weighted by Gasteiger charge is 2.17. The van der Waals surface area contributed by atoms with Gasteiger partial charge in [0.25, 0.3) is 0 Å². The Kier molecular flexibility index (Phi) is 5.31. The molecule has 0 aliphatic rings. The van der Waals surface area contributed by atoms with Crippen LogP contribution in [0.1, 0.15) is 51.8 Å². The van der Waals surface area contributed by atoms with Gasteiger partial charge in [0.2, 0.25) is 11.7 Å². The summed E-state index contributed by atoms with van der Waals surface area (Å²) < 4.78 is 3.19. The van der Waals surface area contributed by atoms with Gasteiger partial charge in [0.15, 0.2) is 5.52 Å². The molecule has 5 heteroatoms. The number of carbonyl (C=O) groups is 1. The highest BCUT2D eigenvalue weighted by Crippen LogP contribution is 2.25. The minimum atomic E-state index is 0.255. The van der Waals surface area contributed by atoms with Crippen LogP contribution in [0.25, 0.3) is 21.9 Å².